The first-order valence-electron chi connectivity index (χ1n) is 9.05. The van der Waals surface area contributed by atoms with Crippen LogP contribution in [0.2, 0.25) is 15.1 Å². The Bertz CT molecular complexity index is 1140. The van der Waals surface area contributed by atoms with E-state index in [9.17, 15) is 9.59 Å². The first-order chi connectivity index (χ1) is 14.8. The van der Waals surface area contributed by atoms with Gasteiger partial charge >= 0.3 is 0 Å². The van der Waals surface area contributed by atoms with Gasteiger partial charge in [0.05, 0.1) is 22.3 Å². The van der Waals surface area contributed by atoms with E-state index in [1.165, 1.54) is 17.8 Å². The van der Waals surface area contributed by atoms with Crippen molar-refractivity contribution in [2.45, 2.75) is 18.6 Å². The minimum atomic E-state index is -0.313. The molecule has 0 fully saturated rings. The number of benzene rings is 2. The Balaban J connectivity index is 1.54. The van der Waals surface area contributed by atoms with Gasteiger partial charge in [-0.1, -0.05) is 52.6 Å². The number of nitrogens with one attached hydrogen (secondary N) is 2. The second-order valence-electron chi connectivity index (χ2n) is 6.52. The molecule has 2 amide bonds. The van der Waals surface area contributed by atoms with Crippen LogP contribution in [0.1, 0.15) is 21.7 Å². The van der Waals surface area contributed by atoms with Crippen LogP contribution in [0, 0.1) is 6.92 Å². The largest absolute Gasteiger partial charge is 0.345 e. The van der Waals surface area contributed by atoms with Gasteiger partial charge in [-0.3, -0.25) is 9.59 Å². The van der Waals surface area contributed by atoms with Gasteiger partial charge < -0.3 is 15.2 Å². The third-order valence-electron chi connectivity index (χ3n) is 4.39. The Labute approximate surface area is 198 Å². The second-order valence-corrected chi connectivity index (χ2v) is 8.68. The van der Waals surface area contributed by atoms with E-state index in [-0.39, 0.29) is 24.1 Å². The third kappa shape index (κ3) is 5.92. The van der Waals surface area contributed by atoms with E-state index < -0.39 is 0 Å². The van der Waals surface area contributed by atoms with Gasteiger partial charge in [0.15, 0.2) is 11.0 Å². The van der Waals surface area contributed by atoms with Gasteiger partial charge in [-0.15, -0.1) is 10.2 Å². The van der Waals surface area contributed by atoms with Crippen LogP contribution in [-0.2, 0) is 18.4 Å². The van der Waals surface area contributed by atoms with E-state index in [1.54, 1.807) is 41.9 Å². The van der Waals surface area contributed by atoms with Crippen molar-refractivity contribution in [3.8, 4) is 0 Å². The number of thioether (sulfide) groups is 1. The lowest BCUT2D eigenvalue weighted by Crippen LogP contribution is -2.24. The van der Waals surface area contributed by atoms with E-state index in [0.29, 0.717) is 37.3 Å². The van der Waals surface area contributed by atoms with Crippen molar-refractivity contribution in [3.05, 3.63) is 68.4 Å². The Morgan fingerprint density at radius 2 is 1.84 bits per heavy atom. The number of carbonyl (C=O) groups excluding carboxylic acids is 2. The molecule has 7 nitrogen and oxygen atoms in total. The maximum Gasteiger partial charge on any atom is 0.251 e. The Hall–Kier alpha value is -2.26. The molecule has 162 valence electrons. The zero-order valence-electron chi connectivity index (χ0n) is 16.6. The Morgan fingerprint density at radius 3 is 2.58 bits per heavy atom. The van der Waals surface area contributed by atoms with E-state index in [1.807, 2.05) is 6.92 Å². The average Bonchev–Trinajstić information content (AvgIpc) is 3.09. The number of rotatable bonds is 7. The summed E-state index contributed by atoms with van der Waals surface area (Å²) in [5.41, 5.74) is 1.86. The highest BCUT2D eigenvalue weighted by Crippen LogP contribution is 2.24. The van der Waals surface area contributed by atoms with Crippen molar-refractivity contribution in [2.24, 2.45) is 7.05 Å². The van der Waals surface area contributed by atoms with E-state index >= 15 is 0 Å². The summed E-state index contributed by atoms with van der Waals surface area (Å²) in [5.74, 6) is 0.190. The predicted molar refractivity (Wildman–Crippen MR) is 124 cm³/mol. The quantitative estimate of drug-likeness (QED) is 0.459. The monoisotopic (exact) mass is 497 g/mol. The van der Waals surface area contributed by atoms with E-state index in [2.05, 4.69) is 20.8 Å². The number of amides is 2. The maximum atomic E-state index is 12.3. The van der Waals surface area contributed by atoms with E-state index in [4.69, 9.17) is 34.8 Å². The average molecular weight is 499 g/mol. The molecule has 0 saturated carbocycles. The van der Waals surface area contributed by atoms with Gasteiger partial charge in [-0.05, 0) is 42.8 Å². The predicted octanol–water partition coefficient (Wildman–Crippen LogP) is 4.74. The molecule has 2 aromatic carbocycles. The van der Waals surface area contributed by atoms with Crippen molar-refractivity contribution >= 4 is 64.1 Å². The normalized spacial score (nSPS) is 10.7. The molecule has 2 N–H and O–H groups in total. The van der Waals surface area contributed by atoms with Gasteiger partial charge in [0.25, 0.3) is 5.91 Å². The summed E-state index contributed by atoms with van der Waals surface area (Å²) >= 11 is 19.1. The molecular formula is C20H18Cl3N5O2S. The van der Waals surface area contributed by atoms with Crippen LogP contribution >= 0.6 is 46.6 Å². The van der Waals surface area contributed by atoms with Crippen LogP contribution in [0.5, 0.6) is 0 Å². The lowest BCUT2D eigenvalue weighted by molar-refractivity contribution is -0.113. The molecule has 0 unspecified atom stereocenters. The highest BCUT2D eigenvalue weighted by Gasteiger charge is 2.14. The van der Waals surface area contributed by atoms with Gasteiger partial charge in [0.2, 0.25) is 5.91 Å². The molecule has 0 bridgehead atoms. The summed E-state index contributed by atoms with van der Waals surface area (Å²) < 4.78 is 1.72. The van der Waals surface area contributed by atoms with Crippen LogP contribution in [0.3, 0.4) is 0 Å². The SMILES string of the molecule is Cc1c(Cl)cccc1NC(=O)CSc1nnc(CNC(=O)c2ccc(Cl)c(Cl)c2)n1C. The molecular weight excluding hydrogens is 481 g/mol. The highest BCUT2D eigenvalue weighted by molar-refractivity contribution is 7.99. The fraction of sp³-hybridized carbons (Fsp3) is 0.200. The summed E-state index contributed by atoms with van der Waals surface area (Å²) in [6, 6.07) is 9.98. The molecule has 0 aliphatic carbocycles. The molecule has 1 heterocycles. The summed E-state index contributed by atoms with van der Waals surface area (Å²) in [6.07, 6.45) is 0. The number of aromatic nitrogens is 3. The summed E-state index contributed by atoms with van der Waals surface area (Å²) in [6.45, 7) is 2.00. The standard InChI is InChI=1S/C20H18Cl3N5O2S/c1-11-13(21)4-3-5-16(11)25-18(29)10-31-20-27-26-17(28(20)2)9-24-19(30)12-6-7-14(22)15(23)8-12/h3-8H,9-10H2,1-2H3,(H,24,30)(H,25,29). The fourth-order valence-electron chi connectivity index (χ4n) is 2.58. The second kappa shape index (κ2) is 10.4. The van der Waals surface area contributed by atoms with Crippen molar-refractivity contribution in [1.29, 1.82) is 0 Å². The molecule has 1 aromatic heterocycles. The Morgan fingerprint density at radius 1 is 1.06 bits per heavy atom. The molecule has 0 atom stereocenters. The van der Waals surface area contributed by atoms with Crippen LogP contribution in [0.15, 0.2) is 41.6 Å². The van der Waals surface area contributed by atoms with Crippen molar-refractivity contribution < 1.29 is 9.59 Å². The number of anilines is 1. The topological polar surface area (TPSA) is 88.9 Å². The number of halogens is 3. The zero-order valence-corrected chi connectivity index (χ0v) is 19.7. The lowest BCUT2D eigenvalue weighted by Gasteiger charge is -2.09. The van der Waals surface area contributed by atoms with Crippen molar-refractivity contribution in [2.75, 3.05) is 11.1 Å². The molecule has 31 heavy (non-hydrogen) atoms. The summed E-state index contributed by atoms with van der Waals surface area (Å²) in [5, 5.41) is 15.6. The zero-order chi connectivity index (χ0) is 22.5. The van der Waals surface area contributed by atoms with Crippen molar-refractivity contribution in [3.63, 3.8) is 0 Å². The van der Waals surface area contributed by atoms with Gasteiger partial charge in [-0.2, -0.15) is 0 Å². The van der Waals surface area contributed by atoms with E-state index in [0.717, 1.165) is 5.56 Å². The molecule has 3 aromatic rings. The Kier molecular flexibility index (Phi) is 7.83. The first kappa shape index (κ1) is 23.4. The third-order valence-corrected chi connectivity index (χ3v) is 6.56. The minimum Gasteiger partial charge on any atom is -0.345 e. The molecule has 0 aliphatic heterocycles. The van der Waals surface area contributed by atoms with Gasteiger partial charge in [0, 0.05) is 23.3 Å². The molecule has 11 heteroatoms. The summed E-state index contributed by atoms with van der Waals surface area (Å²) in [4.78, 5) is 24.6. The number of carbonyl (C=O) groups is 2. The van der Waals surface area contributed by atoms with Crippen LogP contribution < -0.4 is 10.6 Å². The molecule has 0 radical (unpaired) electrons. The highest BCUT2D eigenvalue weighted by atomic mass is 35.5. The molecule has 3 rings (SSSR count). The van der Waals surface area contributed by atoms with Crippen LogP contribution in [0.4, 0.5) is 5.69 Å². The molecule has 0 saturated heterocycles. The minimum absolute atomic E-state index is 0.146. The van der Waals surface area contributed by atoms with Crippen molar-refractivity contribution in [1.82, 2.24) is 20.1 Å². The van der Waals surface area contributed by atoms with Gasteiger partial charge in [0.1, 0.15) is 0 Å². The van der Waals surface area contributed by atoms with Gasteiger partial charge in [-0.25, -0.2) is 0 Å². The fourth-order valence-corrected chi connectivity index (χ4v) is 3.79. The lowest BCUT2D eigenvalue weighted by atomic mass is 10.2. The number of hydrogen-bond donors (Lipinski definition) is 2. The first-order valence-corrected chi connectivity index (χ1v) is 11.2. The summed E-state index contributed by atoms with van der Waals surface area (Å²) in [7, 11) is 1.77. The van der Waals surface area contributed by atoms with Crippen LogP contribution in [-0.4, -0.2) is 32.3 Å². The van der Waals surface area contributed by atoms with Crippen LogP contribution in [0.25, 0.3) is 0 Å². The maximum absolute atomic E-state index is 12.3. The number of hydrogen-bond acceptors (Lipinski definition) is 5. The smallest absolute Gasteiger partial charge is 0.251 e. The molecule has 0 aliphatic rings. The number of nitrogens with zero attached hydrogens (tertiary/aromatic N) is 3. The molecule has 0 spiro atoms.